The molecule has 3 aromatic heterocycles. The Labute approximate surface area is 298 Å². The molecule has 0 amide bonds. The average Bonchev–Trinajstić information content (AvgIpc) is 3.79. The number of nitrogens with zero attached hydrogens (tertiary/aromatic N) is 3. The molecule has 6 aromatic carbocycles. The average molecular weight is 668 g/mol. The summed E-state index contributed by atoms with van der Waals surface area (Å²) in [6.45, 7) is 0. The highest BCUT2D eigenvalue weighted by atomic mass is 16.3. The Morgan fingerprint density at radius 1 is 0.462 bits per heavy atom. The van der Waals surface area contributed by atoms with Crippen molar-refractivity contribution in [3.63, 3.8) is 0 Å². The van der Waals surface area contributed by atoms with Gasteiger partial charge in [0.05, 0.1) is 0 Å². The molecule has 244 valence electrons. The summed E-state index contributed by atoms with van der Waals surface area (Å²) < 4.78 is 13.0. The smallest absolute Gasteiger partial charge is 0.164 e. The van der Waals surface area contributed by atoms with Crippen LogP contribution in [0.3, 0.4) is 0 Å². The van der Waals surface area contributed by atoms with E-state index in [0.717, 1.165) is 77.3 Å². The number of rotatable bonds is 4. The Morgan fingerprint density at radius 3 is 2.06 bits per heavy atom. The zero-order chi connectivity index (χ0) is 34.2. The van der Waals surface area contributed by atoms with E-state index >= 15 is 0 Å². The van der Waals surface area contributed by atoms with E-state index in [1.54, 1.807) is 0 Å². The van der Waals surface area contributed by atoms with Gasteiger partial charge >= 0.3 is 0 Å². The highest BCUT2D eigenvalue weighted by Crippen LogP contribution is 2.45. The lowest BCUT2D eigenvalue weighted by molar-refractivity contribution is 0.668. The monoisotopic (exact) mass is 667 g/mol. The van der Waals surface area contributed by atoms with Gasteiger partial charge in [-0.3, -0.25) is 0 Å². The van der Waals surface area contributed by atoms with Crippen LogP contribution in [0.25, 0.3) is 83.4 Å². The minimum absolute atomic E-state index is 0.211. The van der Waals surface area contributed by atoms with E-state index in [-0.39, 0.29) is 11.8 Å². The standard InChI is InChI=1S/C47H29N3O2/c1-2-12-28(13-3-1)45-48-46(50-47(49-45)39-26-29-14-4-5-15-31(29)33-16-6-7-17-34(33)39)38-25-24-32(44-43(38)37-19-9-11-21-41(37)52-44)30-22-23-36-35-18-8-10-20-40(35)51-42(36)27-30/h1-27,29,31H. The maximum Gasteiger partial charge on any atom is 0.164 e. The van der Waals surface area contributed by atoms with Crippen molar-refractivity contribution in [2.45, 2.75) is 5.92 Å². The molecule has 0 spiro atoms. The van der Waals surface area contributed by atoms with Gasteiger partial charge in [-0.2, -0.15) is 0 Å². The first-order chi connectivity index (χ1) is 25.8. The van der Waals surface area contributed by atoms with Gasteiger partial charge in [0.2, 0.25) is 0 Å². The molecule has 2 unspecified atom stereocenters. The SMILES string of the molecule is C1=CC2C=C(c3nc(-c4ccccc4)nc(-c4ccc(-c5ccc6c(c5)oc5ccccc56)c5oc6ccccc6c45)n3)c3ccccc3C2C=C1. The molecule has 3 heterocycles. The van der Waals surface area contributed by atoms with Crippen molar-refractivity contribution in [3.05, 3.63) is 181 Å². The molecule has 52 heavy (non-hydrogen) atoms. The minimum Gasteiger partial charge on any atom is -0.456 e. The molecule has 5 nitrogen and oxygen atoms in total. The fourth-order valence-corrected chi connectivity index (χ4v) is 8.07. The van der Waals surface area contributed by atoms with Gasteiger partial charge in [0.1, 0.15) is 22.3 Å². The van der Waals surface area contributed by atoms with E-state index in [4.69, 9.17) is 23.8 Å². The number of hydrogen-bond acceptors (Lipinski definition) is 5. The van der Waals surface area contributed by atoms with Crippen LogP contribution in [0.15, 0.2) is 173 Å². The summed E-state index contributed by atoms with van der Waals surface area (Å²) in [4.78, 5) is 15.6. The van der Waals surface area contributed by atoms with Crippen LogP contribution in [0.4, 0.5) is 0 Å². The van der Waals surface area contributed by atoms with E-state index in [9.17, 15) is 0 Å². The number of furan rings is 2. The third-order valence-corrected chi connectivity index (χ3v) is 10.5. The van der Waals surface area contributed by atoms with E-state index < -0.39 is 0 Å². The molecule has 5 heteroatoms. The fourth-order valence-electron chi connectivity index (χ4n) is 8.07. The van der Waals surface area contributed by atoms with Gasteiger partial charge in [0, 0.05) is 55.6 Å². The Balaban J connectivity index is 1.15. The summed E-state index contributed by atoms with van der Waals surface area (Å²) in [5.74, 6) is 2.36. The van der Waals surface area contributed by atoms with Gasteiger partial charge in [0.15, 0.2) is 17.5 Å². The minimum atomic E-state index is 0.211. The largest absolute Gasteiger partial charge is 0.456 e. The Morgan fingerprint density at radius 2 is 1.15 bits per heavy atom. The summed E-state index contributed by atoms with van der Waals surface area (Å²) in [7, 11) is 0. The maximum absolute atomic E-state index is 6.71. The van der Waals surface area contributed by atoms with Gasteiger partial charge in [-0.25, -0.2) is 15.0 Å². The predicted octanol–water partition coefficient (Wildman–Crippen LogP) is 11.9. The second-order valence-corrected chi connectivity index (χ2v) is 13.5. The van der Waals surface area contributed by atoms with Crippen molar-refractivity contribution >= 4 is 49.5 Å². The van der Waals surface area contributed by atoms with Crippen LogP contribution in [0.2, 0.25) is 0 Å². The van der Waals surface area contributed by atoms with Gasteiger partial charge in [0.25, 0.3) is 0 Å². The molecule has 0 bridgehead atoms. The lowest BCUT2D eigenvalue weighted by Crippen LogP contribution is -2.17. The summed E-state index contributed by atoms with van der Waals surface area (Å²) in [6.07, 6.45) is 11.2. The molecule has 2 aliphatic rings. The second-order valence-electron chi connectivity index (χ2n) is 13.5. The number of para-hydroxylation sites is 2. The Bertz CT molecular complexity index is 2980. The molecule has 0 N–H and O–H groups in total. The Hall–Kier alpha value is -6.85. The zero-order valence-corrected chi connectivity index (χ0v) is 27.9. The summed E-state index contributed by atoms with van der Waals surface area (Å²) in [5.41, 5.74) is 10.5. The highest BCUT2D eigenvalue weighted by molar-refractivity contribution is 6.16. The molecule has 2 atom stereocenters. The van der Waals surface area contributed by atoms with Crippen molar-refractivity contribution in [2.75, 3.05) is 0 Å². The molecule has 0 aliphatic heterocycles. The number of fused-ring (bicyclic) bond motifs is 9. The lowest BCUT2D eigenvalue weighted by Gasteiger charge is -2.30. The van der Waals surface area contributed by atoms with Crippen LogP contribution in [-0.4, -0.2) is 15.0 Å². The maximum atomic E-state index is 6.71. The molecule has 9 aromatic rings. The quantitative estimate of drug-likeness (QED) is 0.187. The summed E-state index contributed by atoms with van der Waals surface area (Å²) in [5, 5.41) is 4.17. The fraction of sp³-hybridized carbons (Fsp3) is 0.0426. The molecular formula is C47H29N3O2. The molecule has 11 rings (SSSR count). The van der Waals surface area contributed by atoms with Crippen LogP contribution in [-0.2, 0) is 0 Å². The van der Waals surface area contributed by atoms with E-state index in [0.29, 0.717) is 17.5 Å². The normalized spacial score (nSPS) is 16.4. The van der Waals surface area contributed by atoms with Crippen molar-refractivity contribution < 1.29 is 8.83 Å². The van der Waals surface area contributed by atoms with E-state index in [2.05, 4.69) is 115 Å². The first kappa shape index (κ1) is 28.9. The van der Waals surface area contributed by atoms with Gasteiger partial charge in [-0.1, -0.05) is 127 Å². The third kappa shape index (κ3) is 4.46. The summed E-state index contributed by atoms with van der Waals surface area (Å²) in [6, 6.07) is 45.8. The number of allylic oxidation sites excluding steroid dienone is 5. The van der Waals surface area contributed by atoms with Crippen molar-refractivity contribution in [1.82, 2.24) is 15.0 Å². The highest BCUT2D eigenvalue weighted by Gasteiger charge is 2.30. The van der Waals surface area contributed by atoms with Crippen LogP contribution < -0.4 is 0 Å². The van der Waals surface area contributed by atoms with E-state index in [1.165, 1.54) is 5.56 Å². The zero-order valence-electron chi connectivity index (χ0n) is 27.9. The molecule has 0 saturated carbocycles. The molecular weight excluding hydrogens is 639 g/mol. The van der Waals surface area contributed by atoms with Crippen molar-refractivity contribution in [3.8, 4) is 33.9 Å². The molecule has 2 aliphatic carbocycles. The molecule has 0 radical (unpaired) electrons. The van der Waals surface area contributed by atoms with Gasteiger partial charge < -0.3 is 8.83 Å². The van der Waals surface area contributed by atoms with Gasteiger partial charge in [-0.15, -0.1) is 0 Å². The topological polar surface area (TPSA) is 65.0 Å². The van der Waals surface area contributed by atoms with E-state index in [1.807, 2.05) is 48.5 Å². The number of aromatic nitrogens is 3. The van der Waals surface area contributed by atoms with Crippen LogP contribution >= 0.6 is 0 Å². The predicted molar refractivity (Wildman–Crippen MR) is 209 cm³/mol. The third-order valence-electron chi connectivity index (χ3n) is 10.5. The summed E-state index contributed by atoms with van der Waals surface area (Å²) >= 11 is 0. The first-order valence-electron chi connectivity index (χ1n) is 17.6. The molecule has 0 fully saturated rings. The number of benzene rings is 6. The van der Waals surface area contributed by atoms with Crippen LogP contribution in [0, 0.1) is 5.92 Å². The van der Waals surface area contributed by atoms with Crippen molar-refractivity contribution in [2.24, 2.45) is 5.92 Å². The van der Waals surface area contributed by atoms with Crippen molar-refractivity contribution in [1.29, 1.82) is 0 Å². The van der Waals surface area contributed by atoms with Gasteiger partial charge in [-0.05, 0) is 53.1 Å². The van der Waals surface area contributed by atoms with Crippen LogP contribution in [0.5, 0.6) is 0 Å². The second kappa shape index (κ2) is 11.3. The number of hydrogen-bond donors (Lipinski definition) is 0. The Kier molecular flexibility index (Phi) is 6.31. The first-order valence-corrected chi connectivity index (χ1v) is 17.6. The molecule has 0 saturated heterocycles. The lowest BCUT2D eigenvalue weighted by atomic mass is 9.74. The van der Waals surface area contributed by atoms with Crippen LogP contribution in [0.1, 0.15) is 22.9 Å².